The summed E-state index contributed by atoms with van der Waals surface area (Å²) in [6.45, 7) is 4.57. The van der Waals surface area contributed by atoms with Crippen LogP contribution >= 0.6 is 11.6 Å². The molecule has 0 aliphatic carbocycles. The summed E-state index contributed by atoms with van der Waals surface area (Å²) in [6.07, 6.45) is 5.81. The number of rotatable bonds is 3. The van der Waals surface area contributed by atoms with Crippen molar-refractivity contribution in [1.29, 1.82) is 0 Å². The van der Waals surface area contributed by atoms with E-state index in [-0.39, 0.29) is 0 Å². The summed E-state index contributed by atoms with van der Waals surface area (Å²) in [5.41, 5.74) is 1.96. The molecule has 1 aromatic heterocycles. The zero-order valence-electron chi connectivity index (χ0n) is 8.26. The number of halogens is 1. The van der Waals surface area contributed by atoms with Gasteiger partial charge < -0.3 is 5.32 Å². The topological polar surface area (TPSA) is 37.8 Å². The minimum Gasteiger partial charge on any atom is -0.367 e. The molecule has 0 saturated carbocycles. The summed E-state index contributed by atoms with van der Waals surface area (Å²) in [5.74, 6) is 3.30. The number of nitrogens with zero attached hydrogens (tertiary/aromatic N) is 2. The van der Waals surface area contributed by atoms with Gasteiger partial charge in [0.1, 0.15) is 0 Å². The molecule has 0 aliphatic rings. The third kappa shape index (κ3) is 2.36. The fourth-order valence-electron chi connectivity index (χ4n) is 0.997. The van der Waals surface area contributed by atoms with E-state index in [1.165, 1.54) is 0 Å². The smallest absolute Gasteiger partial charge is 0.155 e. The summed E-state index contributed by atoms with van der Waals surface area (Å²) in [5, 5.41) is 11.3. The first-order chi connectivity index (χ1) is 6.66. The van der Waals surface area contributed by atoms with E-state index in [0.717, 1.165) is 16.9 Å². The van der Waals surface area contributed by atoms with Crippen LogP contribution in [0.3, 0.4) is 0 Å². The molecule has 0 radical (unpaired) electrons. The van der Waals surface area contributed by atoms with Gasteiger partial charge in [0.15, 0.2) is 11.0 Å². The van der Waals surface area contributed by atoms with Gasteiger partial charge in [-0.05, 0) is 25.0 Å². The van der Waals surface area contributed by atoms with Crippen molar-refractivity contribution in [2.45, 2.75) is 20.3 Å². The molecule has 0 saturated heterocycles. The number of aromatic nitrogens is 2. The van der Waals surface area contributed by atoms with E-state index in [1.807, 2.05) is 13.8 Å². The highest BCUT2D eigenvalue weighted by molar-refractivity contribution is 6.30. The molecule has 0 amide bonds. The van der Waals surface area contributed by atoms with Gasteiger partial charge in [-0.15, -0.1) is 22.5 Å². The molecule has 0 spiro atoms. The van der Waals surface area contributed by atoms with Crippen LogP contribution in [0.15, 0.2) is 0 Å². The van der Waals surface area contributed by atoms with Crippen LogP contribution in [-0.4, -0.2) is 16.7 Å². The van der Waals surface area contributed by atoms with Crippen LogP contribution in [-0.2, 0) is 0 Å². The van der Waals surface area contributed by atoms with Crippen molar-refractivity contribution in [2.24, 2.45) is 0 Å². The molecule has 1 aromatic rings. The molecule has 0 aliphatic heterocycles. The van der Waals surface area contributed by atoms with Gasteiger partial charge in [-0.2, -0.15) is 0 Å². The predicted octanol–water partition coefficient (Wildman–Crippen LogP) is 2.18. The Morgan fingerprint density at radius 3 is 2.71 bits per heavy atom. The number of anilines is 1. The predicted molar refractivity (Wildman–Crippen MR) is 58.5 cm³/mol. The summed E-state index contributed by atoms with van der Waals surface area (Å²) in [6, 6.07) is 0. The van der Waals surface area contributed by atoms with E-state index in [1.54, 1.807) is 0 Å². The Hall–Kier alpha value is -1.27. The molecular weight excluding hydrogens is 198 g/mol. The second kappa shape index (κ2) is 4.83. The molecular formula is C10H12ClN3. The molecule has 0 aromatic carbocycles. The van der Waals surface area contributed by atoms with Gasteiger partial charge in [-0.25, -0.2) is 0 Å². The lowest BCUT2D eigenvalue weighted by atomic mass is 10.2. The van der Waals surface area contributed by atoms with Crippen molar-refractivity contribution in [2.75, 3.05) is 11.9 Å². The van der Waals surface area contributed by atoms with E-state index >= 15 is 0 Å². The Morgan fingerprint density at radius 1 is 1.36 bits per heavy atom. The summed E-state index contributed by atoms with van der Waals surface area (Å²) in [7, 11) is 0. The normalized spacial score (nSPS) is 9.57. The number of nitrogens with one attached hydrogen (secondary N) is 1. The highest BCUT2D eigenvalue weighted by Crippen LogP contribution is 2.20. The van der Waals surface area contributed by atoms with Gasteiger partial charge >= 0.3 is 0 Å². The van der Waals surface area contributed by atoms with Crippen molar-refractivity contribution in [3.05, 3.63) is 16.3 Å². The van der Waals surface area contributed by atoms with E-state index in [4.69, 9.17) is 18.0 Å². The van der Waals surface area contributed by atoms with E-state index in [0.29, 0.717) is 18.1 Å². The monoisotopic (exact) mass is 209 g/mol. The maximum absolute atomic E-state index is 5.81. The SMILES string of the molecule is C#CCCNc1nnc(Cl)c(C)c1C. The zero-order valence-corrected chi connectivity index (χ0v) is 9.02. The second-order valence-electron chi connectivity index (χ2n) is 2.97. The molecule has 0 fully saturated rings. The Kier molecular flexibility index (Phi) is 3.73. The second-order valence-corrected chi connectivity index (χ2v) is 3.33. The first-order valence-corrected chi connectivity index (χ1v) is 4.71. The van der Waals surface area contributed by atoms with Crippen molar-refractivity contribution in [1.82, 2.24) is 10.2 Å². The highest BCUT2D eigenvalue weighted by Gasteiger charge is 2.06. The molecule has 0 atom stereocenters. The molecule has 1 rings (SSSR count). The van der Waals surface area contributed by atoms with Crippen molar-refractivity contribution < 1.29 is 0 Å². The zero-order chi connectivity index (χ0) is 10.6. The molecule has 74 valence electrons. The molecule has 0 unspecified atom stereocenters. The fraction of sp³-hybridized carbons (Fsp3) is 0.400. The molecule has 1 heterocycles. The Morgan fingerprint density at radius 2 is 2.07 bits per heavy atom. The number of hydrogen-bond acceptors (Lipinski definition) is 3. The van der Waals surface area contributed by atoms with E-state index < -0.39 is 0 Å². The summed E-state index contributed by atoms with van der Waals surface area (Å²) < 4.78 is 0. The van der Waals surface area contributed by atoms with E-state index in [2.05, 4.69) is 21.4 Å². The third-order valence-electron chi connectivity index (χ3n) is 2.03. The summed E-state index contributed by atoms with van der Waals surface area (Å²) >= 11 is 5.81. The van der Waals surface area contributed by atoms with Gasteiger partial charge in [-0.1, -0.05) is 11.6 Å². The minimum absolute atomic E-state index is 0.449. The molecule has 4 heteroatoms. The third-order valence-corrected chi connectivity index (χ3v) is 2.39. The van der Waals surface area contributed by atoms with Gasteiger partial charge in [0, 0.05) is 13.0 Å². The number of hydrogen-bond donors (Lipinski definition) is 1. The fourth-order valence-corrected chi connectivity index (χ4v) is 1.18. The lowest BCUT2D eigenvalue weighted by molar-refractivity contribution is 0.967. The average Bonchev–Trinajstić information content (AvgIpc) is 2.18. The maximum atomic E-state index is 5.81. The van der Waals surface area contributed by atoms with Gasteiger partial charge in [0.25, 0.3) is 0 Å². The van der Waals surface area contributed by atoms with Crippen LogP contribution in [0.5, 0.6) is 0 Å². The highest BCUT2D eigenvalue weighted by atomic mass is 35.5. The van der Waals surface area contributed by atoms with Gasteiger partial charge in [0.2, 0.25) is 0 Å². The number of terminal acetylenes is 1. The lowest BCUT2D eigenvalue weighted by Crippen LogP contribution is -2.06. The Labute approximate surface area is 88.9 Å². The van der Waals surface area contributed by atoms with Gasteiger partial charge in [0.05, 0.1) is 0 Å². The Balaban J connectivity index is 2.79. The van der Waals surface area contributed by atoms with Crippen molar-refractivity contribution in [3.8, 4) is 12.3 Å². The van der Waals surface area contributed by atoms with Gasteiger partial charge in [-0.3, -0.25) is 0 Å². The first kappa shape index (κ1) is 10.8. The Bertz CT molecular complexity index is 368. The largest absolute Gasteiger partial charge is 0.367 e. The van der Waals surface area contributed by atoms with Crippen LogP contribution in [0.4, 0.5) is 5.82 Å². The standard InChI is InChI=1S/C10H12ClN3/c1-4-5-6-12-10-8(3)7(2)9(11)13-14-10/h1H,5-6H2,2-3H3,(H,12,14). The van der Waals surface area contributed by atoms with Crippen LogP contribution in [0.2, 0.25) is 5.15 Å². The van der Waals surface area contributed by atoms with Crippen LogP contribution < -0.4 is 5.32 Å². The lowest BCUT2D eigenvalue weighted by Gasteiger charge is -2.08. The van der Waals surface area contributed by atoms with Crippen LogP contribution in [0, 0.1) is 26.2 Å². The average molecular weight is 210 g/mol. The van der Waals surface area contributed by atoms with Crippen LogP contribution in [0.25, 0.3) is 0 Å². The maximum Gasteiger partial charge on any atom is 0.155 e. The van der Waals surface area contributed by atoms with E-state index in [9.17, 15) is 0 Å². The summed E-state index contributed by atoms with van der Waals surface area (Å²) in [4.78, 5) is 0. The van der Waals surface area contributed by atoms with Crippen LogP contribution in [0.1, 0.15) is 17.5 Å². The molecule has 1 N–H and O–H groups in total. The molecule has 0 bridgehead atoms. The molecule has 14 heavy (non-hydrogen) atoms. The minimum atomic E-state index is 0.449. The molecule has 3 nitrogen and oxygen atoms in total. The van der Waals surface area contributed by atoms with Crippen molar-refractivity contribution in [3.63, 3.8) is 0 Å². The van der Waals surface area contributed by atoms with Crippen molar-refractivity contribution >= 4 is 17.4 Å². The quantitative estimate of drug-likeness (QED) is 0.613. The first-order valence-electron chi connectivity index (χ1n) is 4.33.